The van der Waals surface area contributed by atoms with Crippen LogP contribution in [0.1, 0.15) is 10.4 Å². The molecule has 3 N–H and O–H groups in total. The second-order valence-corrected chi connectivity index (χ2v) is 6.52. The number of carbonyl (C=O) groups is 2. The molecular weight excluding hydrogens is 381 g/mol. The van der Waals surface area contributed by atoms with Crippen molar-refractivity contribution in [2.24, 2.45) is 5.73 Å². The molecule has 2 aromatic rings. The van der Waals surface area contributed by atoms with Crippen LogP contribution in [0.15, 0.2) is 24.4 Å². The van der Waals surface area contributed by atoms with Crippen LogP contribution in [0.2, 0.25) is 0 Å². The number of primary amides is 1. The smallest absolute Gasteiger partial charge is 0.412 e. The Morgan fingerprint density at radius 3 is 2.82 bits per heavy atom. The van der Waals surface area contributed by atoms with Gasteiger partial charge in [0.15, 0.2) is 12.1 Å². The van der Waals surface area contributed by atoms with E-state index in [4.69, 9.17) is 15.2 Å². The van der Waals surface area contributed by atoms with E-state index in [0.29, 0.717) is 5.39 Å². The third-order valence-corrected chi connectivity index (χ3v) is 4.93. The van der Waals surface area contributed by atoms with Crippen molar-refractivity contribution in [2.75, 3.05) is 18.6 Å². The van der Waals surface area contributed by atoms with Gasteiger partial charge in [-0.25, -0.2) is 4.79 Å². The molecule has 0 radical (unpaired) electrons. The minimum atomic E-state index is -4.64. The van der Waals surface area contributed by atoms with Crippen LogP contribution in [-0.2, 0) is 4.74 Å². The van der Waals surface area contributed by atoms with E-state index < -0.39 is 36.4 Å². The summed E-state index contributed by atoms with van der Waals surface area (Å²) in [7, 11) is 1.33. The Labute approximate surface area is 156 Å². The van der Waals surface area contributed by atoms with Gasteiger partial charge in [0.2, 0.25) is 0 Å². The first-order valence-corrected chi connectivity index (χ1v) is 8.27. The van der Waals surface area contributed by atoms with E-state index in [2.05, 4.69) is 10.3 Å². The molecular formula is C17H15F3N4O4. The number of rotatable bonds is 3. The second kappa shape index (κ2) is 6.14. The van der Waals surface area contributed by atoms with Gasteiger partial charge in [-0.3, -0.25) is 9.78 Å². The van der Waals surface area contributed by atoms with E-state index in [-0.39, 0.29) is 29.1 Å². The first-order valence-electron chi connectivity index (χ1n) is 8.27. The lowest BCUT2D eigenvalue weighted by Gasteiger charge is -2.31. The fourth-order valence-electron chi connectivity index (χ4n) is 3.79. The number of amides is 2. The van der Waals surface area contributed by atoms with Crippen molar-refractivity contribution in [3.05, 3.63) is 30.0 Å². The number of pyridine rings is 1. The SMILES string of the molecule is COc1cc2c(N3C[C@H]4NC(=O)O[C@H]4C3C(F)(F)F)ccnc2cc1C(N)=O. The van der Waals surface area contributed by atoms with Gasteiger partial charge in [0.05, 0.1) is 24.2 Å². The van der Waals surface area contributed by atoms with Crippen molar-refractivity contribution >= 4 is 28.6 Å². The molecule has 0 bridgehead atoms. The van der Waals surface area contributed by atoms with Crippen molar-refractivity contribution in [1.82, 2.24) is 10.3 Å². The fraction of sp³-hybridized carbons (Fsp3) is 0.353. The number of halogens is 3. The molecule has 8 nitrogen and oxygen atoms in total. The molecule has 2 aliphatic rings. The maximum Gasteiger partial charge on any atom is 0.412 e. The van der Waals surface area contributed by atoms with Gasteiger partial charge in [0.25, 0.3) is 5.91 Å². The molecule has 148 valence electrons. The van der Waals surface area contributed by atoms with Crippen LogP contribution in [-0.4, -0.2) is 55.0 Å². The summed E-state index contributed by atoms with van der Waals surface area (Å²) in [5.41, 5.74) is 5.92. The van der Waals surface area contributed by atoms with Gasteiger partial charge in [0, 0.05) is 23.8 Å². The standard InChI is InChI=1S/C17H15F3N4O4/c1-27-12-5-7-9(4-8(12)15(21)25)22-3-2-11(7)24-6-10-13(28-16(26)23-10)14(24)17(18,19)20/h2-5,10,13-14H,6H2,1H3,(H2,21,25)(H,23,26)/t10-,13-,14?/m1/s1. The summed E-state index contributed by atoms with van der Waals surface area (Å²) in [5, 5.41) is 2.76. The molecule has 1 aromatic carbocycles. The van der Waals surface area contributed by atoms with Crippen molar-refractivity contribution in [1.29, 1.82) is 0 Å². The van der Waals surface area contributed by atoms with Gasteiger partial charge in [0.1, 0.15) is 5.75 Å². The molecule has 2 aliphatic heterocycles. The van der Waals surface area contributed by atoms with Crippen LogP contribution in [0.5, 0.6) is 5.75 Å². The second-order valence-electron chi connectivity index (χ2n) is 6.52. The predicted octanol–water partition coefficient (Wildman–Crippen LogP) is 1.57. The largest absolute Gasteiger partial charge is 0.496 e. The van der Waals surface area contributed by atoms with E-state index in [9.17, 15) is 22.8 Å². The molecule has 2 saturated heterocycles. The Kier molecular flexibility index (Phi) is 3.98. The number of nitrogens with zero attached hydrogens (tertiary/aromatic N) is 2. The molecule has 0 aliphatic carbocycles. The number of alkyl carbamates (subject to hydrolysis) is 1. The highest BCUT2D eigenvalue weighted by Gasteiger charge is 2.60. The van der Waals surface area contributed by atoms with Crippen LogP contribution in [0.3, 0.4) is 0 Å². The highest BCUT2D eigenvalue weighted by molar-refractivity contribution is 6.02. The highest BCUT2D eigenvalue weighted by atomic mass is 19.4. The fourth-order valence-corrected chi connectivity index (χ4v) is 3.79. The number of nitrogens with two attached hydrogens (primary N) is 1. The predicted molar refractivity (Wildman–Crippen MR) is 91.2 cm³/mol. The Balaban J connectivity index is 1.86. The zero-order valence-electron chi connectivity index (χ0n) is 14.5. The average Bonchev–Trinajstić information content (AvgIpc) is 3.14. The summed E-state index contributed by atoms with van der Waals surface area (Å²) in [6, 6.07) is 1.42. The summed E-state index contributed by atoms with van der Waals surface area (Å²) >= 11 is 0. The van der Waals surface area contributed by atoms with Gasteiger partial charge in [-0.1, -0.05) is 0 Å². The maximum atomic E-state index is 13.8. The van der Waals surface area contributed by atoms with E-state index >= 15 is 0 Å². The lowest BCUT2D eigenvalue weighted by Crippen LogP contribution is -2.48. The lowest BCUT2D eigenvalue weighted by molar-refractivity contribution is -0.161. The monoisotopic (exact) mass is 396 g/mol. The zero-order valence-corrected chi connectivity index (χ0v) is 14.5. The van der Waals surface area contributed by atoms with E-state index in [1.165, 1.54) is 31.5 Å². The molecule has 0 spiro atoms. The molecule has 3 heterocycles. The molecule has 2 amide bonds. The van der Waals surface area contributed by atoms with Crippen molar-refractivity contribution in [3.8, 4) is 5.75 Å². The summed E-state index contributed by atoms with van der Waals surface area (Å²) < 4.78 is 51.5. The van der Waals surface area contributed by atoms with Crippen LogP contribution < -0.4 is 20.7 Å². The lowest BCUT2D eigenvalue weighted by atomic mass is 10.1. The normalized spacial score (nSPS) is 24.1. The molecule has 0 saturated carbocycles. The van der Waals surface area contributed by atoms with Crippen LogP contribution in [0, 0.1) is 0 Å². The van der Waals surface area contributed by atoms with Gasteiger partial charge >= 0.3 is 12.3 Å². The van der Waals surface area contributed by atoms with E-state index in [1.54, 1.807) is 0 Å². The number of aromatic nitrogens is 1. The summed E-state index contributed by atoms with van der Waals surface area (Å²) in [4.78, 5) is 28.2. The summed E-state index contributed by atoms with van der Waals surface area (Å²) in [6.07, 6.45) is -5.52. The molecule has 28 heavy (non-hydrogen) atoms. The minimum Gasteiger partial charge on any atom is -0.496 e. The summed E-state index contributed by atoms with van der Waals surface area (Å²) in [5.74, 6) is -0.618. The van der Waals surface area contributed by atoms with Crippen LogP contribution >= 0.6 is 0 Å². The molecule has 4 rings (SSSR count). The number of nitrogens with one attached hydrogen (secondary N) is 1. The highest BCUT2D eigenvalue weighted by Crippen LogP contribution is 2.42. The molecule has 3 atom stereocenters. The molecule has 2 fully saturated rings. The Hall–Kier alpha value is -3.24. The minimum absolute atomic E-state index is 0.0703. The Morgan fingerprint density at radius 1 is 1.43 bits per heavy atom. The average molecular weight is 396 g/mol. The third kappa shape index (κ3) is 2.74. The van der Waals surface area contributed by atoms with E-state index in [1.807, 2.05) is 0 Å². The number of fused-ring (bicyclic) bond motifs is 2. The van der Waals surface area contributed by atoms with Gasteiger partial charge in [-0.15, -0.1) is 0 Å². The van der Waals surface area contributed by atoms with Gasteiger partial charge < -0.3 is 25.4 Å². The van der Waals surface area contributed by atoms with Crippen molar-refractivity contribution < 1.29 is 32.2 Å². The maximum absolute atomic E-state index is 13.8. The molecule has 1 unspecified atom stereocenters. The number of benzene rings is 1. The van der Waals surface area contributed by atoms with Crippen LogP contribution in [0.4, 0.5) is 23.7 Å². The molecule has 11 heteroatoms. The number of methoxy groups -OCH3 is 1. The van der Waals surface area contributed by atoms with Crippen LogP contribution in [0.25, 0.3) is 10.9 Å². The Morgan fingerprint density at radius 2 is 2.18 bits per heavy atom. The number of alkyl halides is 3. The molecule has 1 aromatic heterocycles. The summed E-state index contributed by atoms with van der Waals surface area (Å²) in [6.45, 7) is -0.0976. The first-order chi connectivity index (χ1) is 13.2. The number of carbonyl (C=O) groups excluding carboxylic acids is 2. The van der Waals surface area contributed by atoms with Crippen molar-refractivity contribution in [3.63, 3.8) is 0 Å². The van der Waals surface area contributed by atoms with Gasteiger partial charge in [-0.05, 0) is 18.2 Å². The number of ether oxygens (including phenoxy) is 2. The van der Waals surface area contributed by atoms with Crippen molar-refractivity contribution in [2.45, 2.75) is 24.4 Å². The third-order valence-electron chi connectivity index (χ3n) is 4.93. The number of hydrogen-bond acceptors (Lipinski definition) is 6. The van der Waals surface area contributed by atoms with E-state index in [0.717, 1.165) is 4.90 Å². The Bertz CT molecular complexity index is 981. The zero-order chi connectivity index (χ0) is 20.2. The number of hydrogen-bond donors (Lipinski definition) is 2. The quantitative estimate of drug-likeness (QED) is 0.816. The number of anilines is 1. The topological polar surface area (TPSA) is 107 Å². The first kappa shape index (κ1) is 18.1. The van der Waals surface area contributed by atoms with Gasteiger partial charge in [-0.2, -0.15) is 13.2 Å².